The van der Waals surface area contributed by atoms with Gasteiger partial charge in [-0.15, -0.1) is 0 Å². The second kappa shape index (κ2) is 15.0. The van der Waals surface area contributed by atoms with Crippen molar-refractivity contribution in [1.29, 1.82) is 0 Å². The Morgan fingerprint density at radius 3 is 1.56 bits per heavy atom. The lowest BCUT2D eigenvalue weighted by molar-refractivity contribution is 0.545. The van der Waals surface area contributed by atoms with E-state index < -0.39 is 0 Å². The Bertz CT molecular complexity index is 854. The van der Waals surface area contributed by atoms with Crippen molar-refractivity contribution in [3.05, 3.63) is 60.2 Å². The van der Waals surface area contributed by atoms with Crippen LogP contribution >= 0.6 is 0 Å². The zero-order valence-corrected chi connectivity index (χ0v) is 19.7. The molecule has 0 aliphatic carbocycles. The van der Waals surface area contributed by atoms with E-state index in [0.717, 1.165) is 52.2 Å². The van der Waals surface area contributed by atoms with E-state index in [4.69, 9.17) is 5.73 Å². The number of benzene rings is 3. The predicted octanol–water partition coefficient (Wildman–Crippen LogP) is 4.95. The fraction of sp³-hybridized carbons (Fsp3) is 0.500. The van der Waals surface area contributed by atoms with Crippen LogP contribution in [-0.2, 0) is 6.54 Å². The monoisotopic (exact) mass is 434 g/mol. The number of fused-ring (bicyclic) bond motifs is 2. The molecular formula is C28H42N4. The van der Waals surface area contributed by atoms with Gasteiger partial charge in [0.15, 0.2) is 0 Å². The van der Waals surface area contributed by atoms with Crippen LogP contribution in [0.3, 0.4) is 0 Å². The van der Waals surface area contributed by atoms with Crippen LogP contribution in [0.4, 0.5) is 0 Å². The third-order valence-corrected chi connectivity index (χ3v) is 6.16. The first-order valence-corrected chi connectivity index (χ1v) is 12.6. The van der Waals surface area contributed by atoms with E-state index in [9.17, 15) is 0 Å². The molecule has 0 aromatic heterocycles. The van der Waals surface area contributed by atoms with E-state index in [0.29, 0.717) is 0 Å². The van der Waals surface area contributed by atoms with Crippen LogP contribution in [0.2, 0.25) is 0 Å². The normalized spacial score (nSPS) is 11.5. The Kier molecular flexibility index (Phi) is 11.5. The van der Waals surface area contributed by atoms with E-state index >= 15 is 0 Å². The summed E-state index contributed by atoms with van der Waals surface area (Å²) in [6, 6.07) is 19.8. The van der Waals surface area contributed by atoms with Crippen LogP contribution in [0.5, 0.6) is 0 Å². The van der Waals surface area contributed by atoms with E-state index in [2.05, 4.69) is 70.5 Å². The van der Waals surface area contributed by atoms with Crippen molar-refractivity contribution in [2.45, 2.75) is 51.5 Å². The number of rotatable bonds is 17. The van der Waals surface area contributed by atoms with Crippen molar-refractivity contribution in [2.24, 2.45) is 5.73 Å². The molecule has 4 heteroatoms. The van der Waals surface area contributed by atoms with Gasteiger partial charge in [-0.1, -0.05) is 55.0 Å². The second-order valence-electron chi connectivity index (χ2n) is 8.74. The summed E-state index contributed by atoms with van der Waals surface area (Å²) >= 11 is 0. The number of hydrogen-bond donors (Lipinski definition) is 4. The highest BCUT2D eigenvalue weighted by molar-refractivity contribution is 6.02. The minimum atomic E-state index is 0.809. The average molecular weight is 435 g/mol. The first-order valence-electron chi connectivity index (χ1n) is 12.6. The fourth-order valence-corrected chi connectivity index (χ4v) is 4.33. The molecule has 3 aromatic carbocycles. The van der Waals surface area contributed by atoms with Gasteiger partial charge >= 0.3 is 0 Å². The van der Waals surface area contributed by atoms with Crippen LogP contribution in [0.1, 0.15) is 50.5 Å². The van der Waals surface area contributed by atoms with Gasteiger partial charge in [0.1, 0.15) is 0 Å². The van der Waals surface area contributed by atoms with Gasteiger partial charge in [-0.2, -0.15) is 0 Å². The zero-order chi connectivity index (χ0) is 22.3. The van der Waals surface area contributed by atoms with E-state index in [1.165, 1.54) is 65.6 Å². The molecule has 0 saturated carbocycles. The molecule has 4 nitrogen and oxygen atoms in total. The summed E-state index contributed by atoms with van der Waals surface area (Å²) in [6.07, 6.45) is 8.60. The Morgan fingerprint density at radius 1 is 0.531 bits per heavy atom. The largest absolute Gasteiger partial charge is 0.330 e. The molecule has 3 aromatic rings. The Balaban J connectivity index is 1.25. The molecule has 174 valence electrons. The van der Waals surface area contributed by atoms with Gasteiger partial charge in [-0.05, 0) is 111 Å². The standard InChI is InChI=1S/C28H42N4/c29-16-6-9-18-31-20-11-10-19-30-17-7-1-8-21-32-23-28-26-14-4-2-12-24(26)22-25-13-3-5-15-27(25)28/h2-5,12-15,22,30-32H,1,6-11,16-21,23,29H2. The third-order valence-electron chi connectivity index (χ3n) is 6.16. The van der Waals surface area contributed by atoms with Crippen LogP contribution in [0, 0.1) is 0 Å². The van der Waals surface area contributed by atoms with Crippen molar-refractivity contribution in [3.63, 3.8) is 0 Å². The topological polar surface area (TPSA) is 62.1 Å². The maximum atomic E-state index is 5.50. The maximum absolute atomic E-state index is 5.50. The minimum Gasteiger partial charge on any atom is -0.330 e. The Labute approximate surface area is 194 Å². The van der Waals surface area contributed by atoms with Gasteiger partial charge in [-0.25, -0.2) is 0 Å². The number of hydrogen-bond acceptors (Lipinski definition) is 4. The zero-order valence-electron chi connectivity index (χ0n) is 19.7. The molecule has 0 radical (unpaired) electrons. The average Bonchev–Trinajstić information content (AvgIpc) is 2.83. The van der Waals surface area contributed by atoms with E-state index in [-0.39, 0.29) is 0 Å². The summed E-state index contributed by atoms with van der Waals surface area (Å²) in [7, 11) is 0. The molecular weight excluding hydrogens is 392 g/mol. The molecule has 0 bridgehead atoms. The lowest BCUT2D eigenvalue weighted by Crippen LogP contribution is -2.21. The van der Waals surface area contributed by atoms with Crippen LogP contribution in [0.15, 0.2) is 54.6 Å². The molecule has 0 aliphatic heterocycles. The Hall–Kier alpha value is -1.98. The molecule has 0 amide bonds. The summed E-state index contributed by atoms with van der Waals surface area (Å²) in [6.45, 7) is 7.32. The van der Waals surface area contributed by atoms with Crippen LogP contribution in [-0.4, -0.2) is 39.3 Å². The van der Waals surface area contributed by atoms with Gasteiger partial charge < -0.3 is 21.7 Å². The molecule has 0 unspecified atom stereocenters. The van der Waals surface area contributed by atoms with Crippen molar-refractivity contribution >= 4 is 21.5 Å². The molecule has 0 fully saturated rings. The summed E-state index contributed by atoms with van der Waals surface area (Å²) in [4.78, 5) is 0. The van der Waals surface area contributed by atoms with Crippen LogP contribution < -0.4 is 21.7 Å². The van der Waals surface area contributed by atoms with Gasteiger partial charge in [0.2, 0.25) is 0 Å². The summed E-state index contributed by atoms with van der Waals surface area (Å²) < 4.78 is 0. The molecule has 5 N–H and O–H groups in total. The first kappa shape index (κ1) is 24.7. The highest BCUT2D eigenvalue weighted by Crippen LogP contribution is 2.28. The maximum Gasteiger partial charge on any atom is 0.0217 e. The van der Waals surface area contributed by atoms with Crippen molar-refractivity contribution in [1.82, 2.24) is 16.0 Å². The first-order chi connectivity index (χ1) is 15.9. The highest BCUT2D eigenvalue weighted by atomic mass is 14.9. The quantitative estimate of drug-likeness (QED) is 0.179. The van der Waals surface area contributed by atoms with Crippen molar-refractivity contribution in [2.75, 3.05) is 39.3 Å². The molecule has 0 aliphatic rings. The highest BCUT2D eigenvalue weighted by Gasteiger charge is 2.06. The van der Waals surface area contributed by atoms with Gasteiger partial charge in [0.25, 0.3) is 0 Å². The Morgan fingerprint density at radius 2 is 1.00 bits per heavy atom. The van der Waals surface area contributed by atoms with E-state index in [1.807, 2.05) is 0 Å². The van der Waals surface area contributed by atoms with Gasteiger partial charge in [0, 0.05) is 6.54 Å². The SMILES string of the molecule is NCCCCNCCCCNCCCCCNCc1c2ccccc2cc2ccccc12. The van der Waals surface area contributed by atoms with Crippen LogP contribution in [0.25, 0.3) is 21.5 Å². The molecule has 0 saturated heterocycles. The number of nitrogens with one attached hydrogen (secondary N) is 3. The molecule has 3 rings (SSSR count). The molecule has 32 heavy (non-hydrogen) atoms. The second-order valence-corrected chi connectivity index (χ2v) is 8.74. The molecule has 0 heterocycles. The number of unbranched alkanes of at least 4 members (excludes halogenated alkanes) is 4. The molecule has 0 atom stereocenters. The lowest BCUT2D eigenvalue weighted by Gasteiger charge is -2.12. The summed E-state index contributed by atoms with van der Waals surface area (Å²) in [5, 5.41) is 16.2. The lowest BCUT2D eigenvalue weighted by atomic mass is 9.97. The van der Waals surface area contributed by atoms with E-state index in [1.54, 1.807) is 0 Å². The summed E-state index contributed by atoms with van der Waals surface area (Å²) in [5.41, 5.74) is 6.93. The fourth-order valence-electron chi connectivity index (χ4n) is 4.33. The summed E-state index contributed by atoms with van der Waals surface area (Å²) in [5.74, 6) is 0. The predicted molar refractivity (Wildman–Crippen MR) is 140 cm³/mol. The third kappa shape index (κ3) is 8.18. The minimum absolute atomic E-state index is 0.809. The molecule has 0 spiro atoms. The van der Waals surface area contributed by atoms with Gasteiger partial charge in [0.05, 0.1) is 0 Å². The van der Waals surface area contributed by atoms with Crippen molar-refractivity contribution < 1.29 is 0 Å². The van der Waals surface area contributed by atoms with Gasteiger partial charge in [-0.3, -0.25) is 0 Å². The smallest absolute Gasteiger partial charge is 0.0217 e. The van der Waals surface area contributed by atoms with Crippen molar-refractivity contribution in [3.8, 4) is 0 Å². The number of nitrogens with two attached hydrogens (primary N) is 1.